The summed E-state index contributed by atoms with van der Waals surface area (Å²) >= 11 is 3.92. The molecule has 0 aliphatic rings. The number of hydrogen-bond donors (Lipinski definition) is 2. The molecule has 0 fully saturated rings. The monoisotopic (exact) mass is 253 g/mol. The molecule has 3 rings (SSSR count). The Labute approximate surface area is 110 Å². The van der Waals surface area contributed by atoms with Gasteiger partial charge in [0, 0.05) is 27.7 Å². The molecule has 0 amide bonds. The van der Waals surface area contributed by atoms with Crippen molar-refractivity contribution >= 4 is 28.6 Å². The third kappa shape index (κ3) is 1.83. The van der Waals surface area contributed by atoms with Gasteiger partial charge >= 0.3 is 0 Å². The van der Waals surface area contributed by atoms with E-state index in [1.807, 2.05) is 48.5 Å². The van der Waals surface area contributed by atoms with E-state index in [0.29, 0.717) is 5.56 Å². The van der Waals surface area contributed by atoms with Gasteiger partial charge in [-0.15, -0.1) is 12.6 Å². The number of carbonyl (C=O) groups excluding carboxylic acids is 1. The Morgan fingerprint density at radius 3 is 2.50 bits per heavy atom. The number of aromatic amines is 1. The van der Waals surface area contributed by atoms with Gasteiger partial charge in [-0.25, -0.2) is 0 Å². The van der Waals surface area contributed by atoms with Gasteiger partial charge in [-0.1, -0.05) is 36.4 Å². The van der Waals surface area contributed by atoms with Crippen LogP contribution in [0.25, 0.3) is 22.2 Å². The second kappa shape index (κ2) is 4.35. The first-order valence-electron chi connectivity index (χ1n) is 5.66. The van der Waals surface area contributed by atoms with Gasteiger partial charge in [-0.2, -0.15) is 0 Å². The van der Waals surface area contributed by atoms with Crippen LogP contribution in [0.1, 0.15) is 10.4 Å². The van der Waals surface area contributed by atoms with Gasteiger partial charge < -0.3 is 4.98 Å². The Balaban J connectivity index is 2.23. The minimum Gasteiger partial charge on any atom is -0.355 e. The van der Waals surface area contributed by atoms with Crippen LogP contribution in [0.5, 0.6) is 0 Å². The zero-order valence-electron chi connectivity index (χ0n) is 9.55. The highest BCUT2D eigenvalue weighted by molar-refractivity contribution is 7.97. The van der Waals surface area contributed by atoms with Gasteiger partial charge in [0.25, 0.3) is 0 Å². The molecule has 0 spiro atoms. The van der Waals surface area contributed by atoms with E-state index in [1.54, 1.807) is 6.07 Å². The summed E-state index contributed by atoms with van der Waals surface area (Å²) in [5.41, 5.74) is 3.50. The van der Waals surface area contributed by atoms with E-state index in [2.05, 4.69) is 17.6 Å². The number of fused-ring (bicyclic) bond motifs is 1. The molecule has 0 radical (unpaired) electrons. The highest BCUT2D eigenvalue weighted by Gasteiger charge is 2.10. The first-order valence-corrected chi connectivity index (χ1v) is 6.11. The number of benzene rings is 2. The molecule has 18 heavy (non-hydrogen) atoms. The number of thiol groups is 1. The van der Waals surface area contributed by atoms with E-state index >= 15 is 0 Å². The second-order valence-electron chi connectivity index (χ2n) is 4.12. The van der Waals surface area contributed by atoms with Crippen LogP contribution in [0.4, 0.5) is 0 Å². The van der Waals surface area contributed by atoms with E-state index in [9.17, 15) is 4.79 Å². The van der Waals surface area contributed by atoms with E-state index in [1.165, 1.54) is 0 Å². The van der Waals surface area contributed by atoms with Gasteiger partial charge in [0.15, 0.2) is 0 Å². The topological polar surface area (TPSA) is 32.9 Å². The molecule has 0 aliphatic heterocycles. The molecule has 2 nitrogen and oxygen atoms in total. The summed E-state index contributed by atoms with van der Waals surface area (Å²) in [4.78, 5) is 14.8. The lowest BCUT2D eigenvalue weighted by Crippen LogP contribution is -1.93. The highest BCUT2D eigenvalue weighted by atomic mass is 32.1. The Bertz CT molecular complexity index is 697. The maximum Gasteiger partial charge on any atom is 0.217 e. The molecule has 1 N–H and O–H groups in total. The third-order valence-electron chi connectivity index (χ3n) is 2.98. The van der Waals surface area contributed by atoms with Crippen molar-refractivity contribution in [3.8, 4) is 11.3 Å². The van der Waals surface area contributed by atoms with Crippen molar-refractivity contribution in [2.45, 2.75) is 0 Å². The number of nitrogens with one attached hydrogen (secondary N) is 1. The summed E-state index contributed by atoms with van der Waals surface area (Å²) < 4.78 is 0. The minimum absolute atomic E-state index is 0.218. The smallest absolute Gasteiger partial charge is 0.217 e. The lowest BCUT2D eigenvalue weighted by molar-refractivity contribution is 0.109. The third-order valence-corrected chi connectivity index (χ3v) is 3.22. The van der Waals surface area contributed by atoms with Crippen LogP contribution in [0, 0.1) is 0 Å². The maximum atomic E-state index is 11.5. The van der Waals surface area contributed by atoms with E-state index in [0.717, 1.165) is 22.2 Å². The molecule has 0 atom stereocenters. The van der Waals surface area contributed by atoms with Crippen molar-refractivity contribution < 1.29 is 4.79 Å². The average molecular weight is 253 g/mol. The van der Waals surface area contributed by atoms with E-state index in [4.69, 9.17) is 0 Å². The van der Waals surface area contributed by atoms with Crippen LogP contribution in [-0.4, -0.2) is 10.1 Å². The summed E-state index contributed by atoms with van der Waals surface area (Å²) in [6.07, 6.45) is 0. The van der Waals surface area contributed by atoms with Crippen LogP contribution >= 0.6 is 12.6 Å². The van der Waals surface area contributed by atoms with E-state index in [-0.39, 0.29) is 5.12 Å². The molecule has 0 unspecified atom stereocenters. The molecule has 3 heteroatoms. The molecular weight excluding hydrogens is 242 g/mol. The lowest BCUT2D eigenvalue weighted by atomic mass is 10.1. The fourth-order valence-corrected chi connectivity index (χ4v) is 2.32. The van der Waals surface area contributed by atoms with Crippen LogP contribution in [0.2, 0.25) is 0 Å². The minimum atomic E-state index is -0.218. The van der Waals surface area contributed by atoms with Crippen LogP contribution < -0.4 is 0 Å². The average Bonchev–Trinajstić information content (AvgIpc) is 2.82. The van der Waals surface area contributed by atoms with Crippen molar-refractivity contribution in [1.29, 1.82) is 0 Å². The molecule has 0 saturated carbocycles. The number of para-hydroxylation sites is 1. The number of carbonyl (C=O) groups is 1. The Hall–Kier alpha value is -2.00. The molecule has 0 aliphatic carbocycles. The molecular formula is C15H11NOS. The van der Waals surface area contributed by atoms with Gasteiger partial charge in [0.1, 0.15) is 0 Å². The summed E-state index contributed by atoms with van der Waals surface area (Å²) in [6.45, 7) is 0. The highest BCUT2D eigenvalue weighted by Crippen LogP contribution is 2.27. The fourth-order valence-electron chi connectivity index (χ4n) is 2.12. The Morgan fingerprint density at radius 2 is 1.72 bits per heavy atom. The number of rotatable bonds is 2. The SMILES string of the molecule is O=C(S)c1ccccc1-c1cc2ccccc2[nH]1. The quantitative estimate of drug-likeness (QED) is 0.667. The maximum absolute atomic E-state index is 11.5. The van der Waals surface area contributed by atoms with Crippen molar-refractivity contribution in [2.24, 2.45) is 0 Å². The molecule has 0 bridgehead atoms. The summed E-state index contributed by atoms with van der Waals surface area (Å²) in [7, 11) is 0. The van der Waals surface area contributed by atoms with Gasteiger partial charge in [0.05, 0.1) is 0 Å². The van der Waals surface area contributed by atoms with Gasteiger partial charge in [-0.3, -0.25) is 4.79 Å². The molecule has 0 saturated heterocycles. The molecule has 3 aromatic rings. The van der Waals surface area contributed by atoms with E-state index < -0.39 is 0 Å². The molecule has 1 aromatic heterocycles. The zero-order chi connectivity index (χ0) is 12.5. The Kier molecular flexibility index (Phi) is 2.68. The molecule has 1 heterocycles. The number of hydrogen-bond acceptors (Lipinski definition) is 1. The van der Waals surface area contributed by atoms with Crippen LogP contribution in [0.3, 0.4) is 0 Å². The predicted molar refractivity (Wildman–Crippen MR) is 77.1 cm³/mol. The number of aromatic nitrogens is 1. The van der Waals surface area contributed by atoms with Crippen LogP contribution in [-0.2, 0) is 0 Å². The summed E-state index contributed by atoms with van der Waals surface area (Å²) in [5, 5.41) is 0.915. The summed E-state index contributed by atoms with van der Waals surface area (Å²) in [5.74, 6) is 0. The van der Waals surface area contributed by atoms with Crippen LogP contribution in [0.15, 0.2) is 54.6 Å². The zero-order valence-corrected chi connectivity index (χ0v) is 10.4. The lowest BCUT2D eigenvalue weighted by Gasteiger charge is -2.03. The predicted octanol–water partition coefficient (Wildman–Crippen LogP) is 3.90. The van der Waals surface area contributed by atoms with Crippen molar-refractivity contribution in [3.63, 3.8) is 0 Å². The number of H-pyrrole nitrogens is 1. The normalized spacial score (nSPS) is 10.7. The van der Waals surface area contributed by atoms with Gasteiger partial charge in [-0.05, 0) is 18.2 Å². The largest absolute Gasteiger partial charge is 0.355 e. The summed E-state index contributed by atoms with van der Waals surface area (Å²) in [6, 6.07) is 17.6. The molecule has 2 aromatic carbocycles. The first kappa shape index (κ1) is 11.1. The van der Waals surface area contributed by atoms with Crippen molar-refractivity contribution in [1.82, 2.24) is 4.98 Å². The molecule has 88 valence electrons. The van der Waals surface area contributed by atoms with Gasteiger partial charge in [0.2, 0.25) is 5.12 Å². The van der Waals surface area contributed by atoms with Crippen molar-refractivity contribution in [2.75, 3.05) is 0 Å². The standard InChI is InChI=1S/C15H11NOS/c17-15(18)12-7-3-2-6-11(12)14-9-10-5-1-4-8-13(10)16-14/h1-9,16H,(H,17,18). The Morgan fingerprint density at radius 1 is 1.00 bits per heavy atom. The fraction of sp³-hybridized carbons (Fsp3) is 0. The second-order valence-corrected chi connectivity index (χ2v) is 4.53. The van der Waals surface area contributed by atoms with Crippen molar-refractivity contribution in [3.05, 3.63) is 60.2 Å². The first-order chi connectivity index (χ1) is 8.75.